The summed E-state index contributed by atoms with van der Waals surface area (Å²) in [4.78, 5) is 25.5. The van der Waals surface area contributed by atoms with Gasteiger partial charge in [0.25, 0.3) is 5.91 Å². The molecule has 12 heavy (non-hydrogen) atoms. The third-order valence-electron chi connectivity index (χ3n) is 1.39. The van der Waals surface area contributed by atoms with E-state index in [1.165, 1.54) is 0 Å². The van der Waals surface area contributed by atoms with Gasteiger partial charge >= 0.3 is 5.97 Å². The van der Waals surface area contributed by atoms with Crippen LogP contribution in [0.1, 0.15) is 13.3 Å². The first-order valence-corrected chi connectivity index (χ1v) is 3.71. The van der Waals surface area contributed by atoms with Gasteiger partial charge < -0.3 is 10.1 Å². The van der Waals surface area contributed by atoms with Crippen LogP contribution in [-0.4, -0.2) is 30.9 Å². The Balaban J connectivity index is 2.40. The van der Waals surface area contributed by atoms with Crippen molar-refractivity contribution in [3.8, 4) is 0 Å². The number of aliphatic imine (C=N–C) groups is 1. The molecule has 0 spiro atoms. The number of hydrogen-bond donors (Lipinski definition) is 1. The van der Waals surface area contributed by atoms with Gasteiger partial charge in [-0.3, -0.25) is 14.6 Å². The van der Waals surface area contributed by atoms with E-state index in [4.69, 9.17) is 0 Å². The van der Waals surface area contributed by atoms with Gasteiger partial charge in [0.05, 0.1) is 13.0 Å². The Labute approximate surface area is 69.8 Å². The van der Waals surface area contributed by atoms with E-state index in [1.807, 2.05) is 0 Å². The zero-order valence-corrected chi connectivity index (χ0v) is 6.79. The van der Waals surface area contributed by atoms with Crippen LogP contribution in [0.2, 0.25) is 0 Å². The predicted molar refractivity (Wildman–Crippen MR) is 41.7 cm³/mol. The molecule has 0 radical (unpaired) electrons. The first-order valence-electron chi connectivity index (χ1n) is 3.71. The molecule has 0 aromatic carbocycles. The Morgan fingerprint density at radius 1 is 1.75 bits per heavy atom. The van der Waals surface area contributed by atoms with E-state index in [-0.39, 0.29) is 24.7 Å². The van der Waals surface area contributed by atoms with Crippen LogP contribution in [0.5, 0.6) is 0 Å². The maximum absolute atomic E-state index is 10.9. The molecule has 5 nitrogen and oxygen atoms in total. The lowest BCUT2D eigenvalue weighted by Gasteiger charge is -1.98. The van der Waals surface area contributed by atoms with E-state index in [1.54, 1.807) is 6.92 Å². The molecular weight excluding hydrogens is 160 g/mol. The molecule has 0 bridgehead atoms. The normalized spacial score (nSPS) is 15.4. The highest BCUT2D eigenvalue weighted by atomic mass is 16.5. The molecule has 1 aliphatic rings. The first kappa shape index (κ1) is 8.70. The molecule has 0 aromatic rings. The quantitative estimate of drug-likeness (QED) is 0.579. The Morgan fingerprint density at radius 3 is 3.00 bits per heavy atom. The molecule has 0 atom stereocenters. The third-order valence-corrected chi connectivity index (χ3v) is 1.39. The summed E-state index contributed by atoms with van der Waals surface area (Å²) in [7, 11) is 0. The Bertz CT molecular complexity index is 235. The second-order valence-corrected chi connectivity index (χ2v) is 2.25. The van der Waals surface area contributed by atoms with E-state index < -0.39 is 5.97 Å². The van der Waals surface area contributed by atoms with Gasteiger partial charge in [-0.1, -0.05) is 0 Å². The highest BCUT2D eigenvalue weighted by molar-refractivity contribution is 6.42. The number of carbonyl (C=O) groups excluding carboxylic acids is 2. The average molecular weight is 170 g/mol. The zero-order chi connectivity index (χ0) is 8.97. The van der Waals surface area contributed by atoms with Crippen molar-refractivity contribution in [3.63, 3.8) is 0 Å². The molecule has 0 aromatic heterocycles. The van der Waals surface area contributed by atoms with Crippen molar-refractivity contribution in [2.45, 2.75) is 13.3 Å². The Hall–Kier alpha value is -1.39. The van der Waals surface area contributed by atoms with Gasteiger partial charge in [0.15, 0.2) is 0 Å². The summed E-state index contributed by atoms with van der Waals surface area (Å²) in [5, 5.41) is 2.47. The molecule has 0 fully saturated rings. The van der Waals surface area contributed by atoms with Crippen LogP contribution in [0, 0.1) is 0 Å². The summed E-state index contributed by atoms with van der Waals surface area (Å²) >= 11 is 0. The van der Waals surface area contributed by atoms with E-state index in [0.29, 0.717) is 6.61 Å². The number of hydrogen-bond acceptors (Lipinski definition) is 4. The fourth-order valence-electron chi connectivity index (χ4n) is 0.866. The second kappa shape index (κ2) is 3.85. The molecule has 1 amide bonds. The smallest absolute Gasteiger partial charge is 0.312 e. The van der Waals surface area contributed by atoms with Gasteiger partial charge in [0, 0.05) is 0 Å². The van der Waals surface area contributed by atoms with E-state index in [0.717, 1.165) is 0 Å². The fraction of sp³-hybridized carbons (Fsp3) is 0.571. The number of amides is 1. The lowest BCUT2D eigenvalue weighted by atomic mass is 10.2. The summed E-state index contributed by atoms with van der Waals surface area (Å²) in [5.41, 5.74) is 0.258. The number of nitrogens with one attached hydrogen (secondary N) is 1. The van der Waals surface area contributed by atoms with Crippen LogP contribution in [-0.2, 0) is 14.3 Å². The third kappa shape index (κ3) is 2.05. The standard InChI is InChI=1S/C7H10N2O3/c1-2-12-6(10)3-5-7(11)9-4-8-5/h2-4H2,1H3,(H,9,11). The van der Waals surface area contributed by atoms with E-state index in [2.05, 4.69) is 15.0 Å². The SMILES string of the molecule is CCOC(=O)CC1=NCNC1=O. The Kier molecular flexibility index (Phi) is 2.79. The molecule has 5 heteroatoms. The number of ether oxygens (including phenoxy) is 1. The van der Waals surface area contributed by atoms with Crippen molar-refractivity contribution in [3.05, 3.63) is 0 Å². The molecule has 0 aliphatic carbocycles. The molecule has 66 valence electrons. The van der Waals surface area contributed by atoms with Crippen LogP contribution in [0.25, 0.3) is 0 Å². The minimum absolute atomic E-state index is 0.0281. The summed E-state index contributed by atoms with van der Waals surface area (Å²) in [6.07, 6.45) is -0.0281. The van der Waals surface area contributed by atoms with Crippen LogP contribution in [0.4, 0.5) is 0 Å². The van der Waals surface area contributed by atoms with Gasteiger partial charge in [-0.2, -0.15) is 0 Å². The molecule has 0 saturated carbocycles. The molecule has 1 heterocycles. The summed E-state index contributed by atoms with van der Waals surface area (Å²) in [6.45, 7) is 2.32. The molecular formula is C7H10N2O3. The van der Waals surface area contributed by atoms with Crippen molar-refractivity contribution in [1.29, 1.82) is 0 Å². The van der Waals surface area contributed by atoms with Crippen molar-refractivity contribution in [2.24, 2.45) is 4.99 Å². The summed E-state index contributed by atoms with van der Waals surface area (Å²) in [5.74, 6) is -0.684. The number of rotatable bonds is 3. The van der Waals surface area contributed by atoms with Gasteiger partial charge in [-0.05, 0) is 6.92 Å². The molecule has 0 unspecified atom stereocenters. The maximum Gasteiger partial charge on any atom is 0.312 e. The minimum Gasteiger partial charge on any atom is -0.466 e. The van der Waals surface area contributed by atoms with Gasteiger partial charge in [0.2, 0.25) is 0 Å². The highest BCUT2D eigenvalue weighted by Crippen LogP contribution is 1.96. The predicted octanol–water partition coefficient (Wildman–Crippen LogP) is -0.532. The van der Waals surface area contributed by atoms with Gasteiger partial charge in [0.1, 0.15) is 12.4 Å². The number of esters is 1. The lowest BCUT2D eigenvalue weighted by Crippen LogP contribution is -2.25. The van der Waals surface area contributed by atoms with Gasteiger partial charge in [-0.15, -0.1) is 0 Å². The largest absolute Gasteiger partial charge is 0.466 e. The minimum atomic E-state index is -0.409. The van der Waals surface area contributed by atoms with Crippen LogP contribution >= 0.6 is 0 Å². The monoisotopic (exact) mass is 170 g/mol. The summed E-state index contributed by atoms with van der Waals surface area (Å²) in [6, 6.07) is 0. The average Bonchev–Trinajstić information content (AvgIpc) is 2.37. The second-order valence-electron chi connectivity index (χ2n) is 2.25. The van der Waals surface area contributed by atoms with Crippen molar-refractivity contribution in [2.75, 3.05) is 13.3 Å². The molecule has 1 N–H and O–H groups in total. The molecule has 1 rings (SSSR count). The topological polar surface area (TPSA) is 67.8 Å². The van der Waals surface area contributed by atoms with Gasteiger partial charge in [-0.25, -0.2) is 0 Å². The molecule has 1 aliphatic heterocycles. The maximum atomic E-state index is 10.9. The van der Waals surface area contributed by atoms with Crippen molar-refractivity contribution < 1.29 is 14.3 Å². The number of nitrogens with zero attached hydrogens (tertiary/aromatic N) is 1. The Morgan fingerprint density at radius 2 is 2.50 bits per heavy atom. The zero-order valence-electron chi connectivity index (χ0n) is 6.79. The van der Waals surface area contributed by atoms with Crippen LogP contribution in [0.15, 0.2) is 4.99 Å². The van der Waals surface area contributed by atoms with Crippen molar-refractivity contribution in [1.82, 2.24) is 5.32 Å². The van der Waals surface area contributed by atoms with Crippen molar-refractivity contribution >= 4 is 17.6 Å². The summed E-state index contributed by atoms with van der Waals surface area (Å²) < 4.78 is 4.65. The fourth-order valence-corrected chi connectivity index (χ4v) is 0.866. The van der Waals surface area contributed by atoms with Crippen LogP contribution < -0.4 is 5.32 Å². The first-order chi connectivity index (χ1) is 5.74. The van der Waals surface area contributed by atoms with Crippen LogP contribution in [0.3, 0.4) is 0 Å². The molecule has 0 saturated heterocycles. The van der Waals surface area contributed by atoms with E-state index in [9.17, 15) is 9.59 Å². The lowest BCUT2D eigenvalue weighted by molar-refractivity contribution is -0.141. The van der Waals surface area contributed by atoms with E-state index >= 15 is 0 Å². The number of carbonyl (C=O) groups is 2. The highest BCUT2D eigenvalue weighted by Gasteiger charge is 2.19.